The van der Waals surface area contributed by atoms with Crippen LogP contribution in [0.5, 0.6) is 0 Å². The molecule has 0 aliphatic heterocycles. The number of halogens is 2. The van der Waals surface area contributed by atoms with Crippen LogP contribution in [0.2, 0.25) is 0 Å². The first-order valence-corrected chi connectivity index (χ1v) is 8.23. The van der Waals surface area contributed by atoms with Crippen LogP contribution in [0, 0.1) is 11.6 Å². The maximum Gasteiger partial charge on any atom is 0.343 e. The summed E-state index contributed by atoms with van der Waals surface area (Å²) in [6.07, 6.45) is 0.992. The first-order valence-electron chi connectivity index (χ1n) is 8.23. The number of hydrogen-bond donors (Lipinski definition) is 2. The summed E-state index contributed by atoms with van der Waals surface area (Å²) < 4.78 is 32.3. The van der Waals surface area contributed by atoms with E-state index in [0.717, 1.165) is 18.3 Å². The number of esters is 1. The summed E-state index contributed by atoms with van der Waals surface area (Å²) in [7, 11) is 0. The van der Waals surface area contributed by atoms with Gasteiger partial charge in [0, 0.05) is 6.21 Å². The summed E-state index contributed by atoms with van der Waals surface area (Å²) in [5.41, 5.74) is -0.267. The zero-order valence-electron chi connectivity index (χ0n) is 14.6. The lowest BCUT2D eigenvalue weighted by Crippen LogP contribution is -2.13. The Labute approximate surface area is 155 Å². The predicted molar refractivity (Wildman–Crippen MR) is 97.3 cm³/mol. The molecule has 0 heterocycles. The standard InChI is InChI=1S/C20H19F2NO4/c1-2-27-20(26)15(19(25)14-9-6-10-16(21)18(14)22)11-23-17(12-24)13-7-4-3-5-8-13/h3-11,17,24-25H,2,12H2,1H3. The van der Waals surface area contributed by atoms with Gasteiger partial charge in [0.25, 0.3) is 0 Å². The predicted octanol–water partition coefficient (Wildman–Crippen LogP) is 3.60. The van der Waals surface area contributed by atoms with Gasteiger partial charge in [-0.05, 0) is 24.6 Å². The van der Waals surface area contributed by atoms with Crippen LogP contribution in [-0.2, 0) is 9.53 Å². The summed E-state index contributed by atoms with van der Waals surface area (Å²) in [6, 6.07) is 11.3. The van der Waals surface area contributed by atoms with Crippen LogP contribution in [0.15, 0.2) is 59.1 Å². The Morgan fingerprint density at radius 1 is 1.19 bits per heavy atom. The highest BCUT2D eigenvalue weighted by Crippen LogP contribution is 2.23. The molecule has 0 spiro atoms. The second-order valence-corrected chi connectivity index (χ2v) is 5.47. The molecule has 27 heavy (non-hydrogen) atoms. The van der Waals surface area contributed by atoms with Crippen LogP contribution < -0.4 is 0 Å². The van der Waals surface area contributed by atoms with Gasteiger partial charge in [0.1, 0.15) is 11.3 Å². The van der Waals surface area contributed by atoms with Gasteiger partial charge in [0.2, 0.25) is 0 Å². The molecule has 0 fully saturated rings. The third-order valence-corrected chi connectivity index (χ3v) is 3.70. The number of ether oxygens (including phenoxy) is 1. The highest BCUT2D eigenvalue weighted by molar-refractivity contribution is 6.15. The first kappa shape index (κ1) is 20.3. The first-order chi connectivity index (χ1) is 13.0. The Hall–Kier alpha value is -3.06. The quantitative estimate of drug-likeness (QED) is 0.335. The van der Waals surface area contributed by atoms with Crippen LogP contribution in [0.4, 0.5) is 8.78 Å². The van der Waals surface area contributed by atoms with Gasteiger partial charge < -0.3 is 14.9 Å². The number of rotatable bonds is 7. The van der Waals surface area contributed by atoms with Crippen molar-refractivity contribution in [2.24, 2.45) is 4.99 Å². The topological polar surface area (TPSA) is 79.1 Å². The van der Waals surface area contributed by atoms with Crippen molar-refractivity contribution in [3.8, 4) is 0 Å². The molecule has 2 aromatic rings. The lowest BCUT2D eigenvalue weighted by Gasteiger charge is -2.11. The molecule has 5 nitrogen and oxygen atoms in total. The number of aliphatic hydroxyl groups is 2. The number of aliphatic hydroxyl groups excluding tert-OH is 2. The molecule has 1 unspecified atom stereocenters. The third kappa shape index (κ3) is 4.98. The van der Waals surface area contributed by atoms with Crippen molar-refractivity contribution in [1.29, 1.82) is 0 Å². The zero-order chi connectivity index (χ0) is 19.8. The molecule has 2 aromatic carbocycles. The van der Waals surface area contributed by atoms with Crippen molar-refractivity contribution >= 4 is 17.9 Å². The molecule has 0 saturated carbocycles. The van der Waals surface area contributed by atoms with E-state index in [-0.39, 0.29) is 13.2 Å². The van der Waals surface area contributed by atoms with E-state index in [1.54, 1.807) is 37.3 Å². The van der Waals surface area contributed by atoms with E-state index < -0.39 is 40.5 Å². The SMILES string of the molecule is CCOC(=O)C(C=NC(CO)c1ccccc1)=C(O)c1cccc(F)c1F. The average molecular weight is 375 g/mol. The van der Waals surface area contributed by atoms with Gasteiger partial charge in [0.05, 0.1) is 24.8 Å². The number of benzene rings is 2. The molecule has 0 radical (unpaired) electrons. The molecule has 0 bridgehead atoms. The molecule has 7 heteroatoms. The fourth-order valence-electron chi connectivity index (χ4n) is 2.33. The fraction of sp³-hybridized carbons (Fsp3) is 0.200. The van der Waals surface area contributed by atoms with Crippen LogP contribution in [0.1, 0.15) is 24.1 Å². The minimum absolute atomic E-state index is 0.0111. The van der Waals surface area contributed by atoms with E-state index in [2.05, 4.69) is 4.99 Å². The van der Waals surface area contributed by atoms with E-state index in [9.17, 15) is 23.8 Å². The van der Waals surface area contributed by atoms with Crippen LogP contribution >= 0.6 is 0 Å². The molecule has 2 N–H and O–H groups in total. The van der Waals surface area contributed by atoms with E-state index in [0.29, 0.717) is 5.56 Å². The summed E-state index contributed by atoms with van der Waals surface area (Å²) in [4.78, 5) is 16.3. The number of nitrogens with zero attached hydrogens (tertiary/aromatic N) is 1. The molecule has 1 atom stereocenters. The second kappa shape index (κ2) is 9.59. The smallest absolute Gasteiger partial charge is 0.343 e. The zero-order valence-corrected chi connectivity index (χ0v) is 14.6. The summed E-state index contributed by atoms with van der Waals surface area (Å²) in [6.45, 7) is 1.22. The second-order valence-electron chi connectivity index (χ2n) is 5.47. The van der Waals surface area contributed by atoms with Crippen LogP contribution in [-0.4, -0.2) is 35.6 Å². The number of aliphatic imine (C=N–C) groups is 1. The number of carbonyl (C=O) groups excluding carboxylic acids is 1. The van der Waals surface area contributed by atoms with Crippen molar-refractivity contribution < 1.29 is 28.5 Å². The van der Waals surface area contributed by atoms with Gasteiger partial charge in [-0.15, -0.1) is 0 Å². The van der Waals surface area contributed by atoms with Crippen molar-refractivity contribution in [2.45, 2.75) is 13.0 Å². The fourth-order valence-corrected chi connectivity index (χ4v) is 2.33. The van der Waals surface area contributed by atoms with Crippen molar-refractivity contribution in [3.05, 3.63) is 76.9 Å². The molecule has 0 aromatic heterocycles. The molecule has 0 saturated heterocycles. The monoisotopic (exact) mass is 375 g/mol. The number of hydrogen-bond acceptors (Lipinski definition) is 5. The minimum atomic E-state index is -1.30. The lowest BCUT2D eigenvalue weighted by molar-refractivity contribution is -0.137. The van der Waals surface area contributed by atoms with Gasteiger partial charge in [-0.2, -0.15) is 0 Å². The number of carbonyl (C=O) groups is 1. The Kier molecular flexibility index (Phi) is 7.19. The van der Waals surface area contributed by atoms with E-state index in [4.69, 9.17) is 4.74 Å². The van der Waals surface area contributed by atoms with Crippen molar-refractivity contribution in [2.75, 3.05) is 13.2 Å². The Bertz CT molecular complexity index is 850. The van der Waals surface area contributed by atoms with E-state index in [1.165, 1.54) is 6.07 Å². The highest BCUT2D eigenvalue weighted by Gasteiger charge is 2.21. The molecule has 0 amide bonds. The average Bonchev–Trinajstić information content (AvgIpc) is 2.68. The van der Waals surface area contributed by atoms with Crippen LogP contribution in [0.3, 0.4) is 0 Å². The molecule has 2 rings (SSSR count). The Morgan fingerprint density at radius 2 is 1.89 bits per heavy atom. The minimum Gasteiger partial charge on any atom is -0.506 e. The summed E-state index contributed by atoms with van der Waals surface area (Å²) >= 11 is 0. The molecule has 0 aliphatic carbocycles. The lowest BCUT2D eigenvalue weighted by atomic mass is 10.1. The van der Waals surface area contributed by atoms with Gasteiger partial charge in [-0.3, -0.25) is 4.99 Å². The molecular formula is C20H19F2NO4. The summed E-state index contributed by atoms with van der Waals surface area (Å²) in [5.74, 6) is -4.23. The van der Waals surface area contributed by atoms with Crippen molar-refractivity contribution in [1.82, 2.24) is 0 Å². The van der Waals surface area contributed by atoms with Crippen molar-refractivity contribution in [3.63, 3.8) is 0 Å². The van der Waals surface area contributed by atoms with Gasteiger partial charge in [-0.1, -0.05) is 36.4 Å². The largest absolute Gasteiger partial charge is 0.506 e. The van der Waals surface area contributed by atoms with Gasteiger partial charge >= 0.3 is 5.97 Å². The molecule has 142 valence electrons. The maximum atomic E-state index is 14.0. The van der Waals surface area contributed by atoms with Gasteiger partial charge in [-0.25, -0.2) is 13.6 Å². The molecule has 0 aliphatic rings. The van der Waals surface area contributed by atoms with E-state index >= 15 is 0 Å². The van der Waals surface area contributed by atoms with Gasteiger partial charge in [0.15, 0.2) is 11.6 Å². The highest BCUT2D eigenvalue weighted by atomic mass is 19.2. The third-order valence-electron chi connectivity index (χ3n) is 3.70. The van der Waals surface area contributed by atoms with Crippen LogP contribution in [0.25, 0.3) is 5.76 Å². The molecular weight excluding hydrogens is 356 g/mol. The maximum absolute atomic E-state index is 14.0. The summed E-state index contributed by atoms with van der Waals surface area (Å²) in [5, 5.41) is 19.9. The Morgan fingerprint density at radius 3 is 2.52 bits per heavy atom. The van der Waals surface area contributed by atoms with E-state index in [1.807, 2.05) is 0 Å². The normalized spacial score (nSPS) is 13.3. The Balaban J connectivity index is 2.48.